The molecule has 64 valence electrons. The molecule has 0 fully saturated rings. The molecule has 0 unspecified atom stereocenters. The van der Waals surface area contributed by atoms with Gasteiger partial charge in [-0.25, -0.2) is 9.97 Å². The van der Waals surface area contributed by atoms with Crippen molar-refractivity contribution in [3.8, 4) is 11.4 Å². The highest BCUT2D eigenvalue weighted by atomic mass is 15.1. The number of aromatic nitrogens is 3. The maximum atomic E-state index is 4.14. The third-order valence-electron chi connectivity index (χ3n) is 1.50. The summed E-state index contributed by atoms with van der Waals surface area (Å²) in [7, 11) is 1.93. The number of aryl methyl sites for hydroxylation is 1. The molecule has 0 aromatic carbocycles. The van der Waals surface area contributed by atoms with Gasteiger partial charge in [-0.1, -0.05) is 13.8 Å². The van der Waals surface area contributed by atoms with Crippen LogP contribution < -0.4 is 0 Å². The molecule has 3 heteroatoms. The average molecular weight is 163 g/mol. The predicted molar refractivity (Wildman–Crippen MR) is 49.0 cm³/mol. The summed E-state index contributed by atoms with van der Waals surface area (Å²) in [6.45, 7) is 4.00. The van der Waals surface area contributed by atoms with Gasteiger partial charge >= 0.3 is 0 Å². The topological polar surface area (TPSA) is 30.7 Å². The summed E-state index contributed by atoms with van der Waals surface area (Å²) >= 11 is 0. The summed E-state index contributed by atoms with van der Waals surface area (Å²) in [5.41, 5.74) is 1.09. The van der Waals surface area contributed by atoms with Crippen LogP contribution in [0.3, 0.4) is 0 Å². The third-order valence-corrected chi connectivity index (χ3v) is 1.50. The molecule has 0 spiro atoms. The number of rotatable bonds is 0. The van der Waals surface area contributed by atoms with Gasteiger partial charge in [0.25, 0.3) is 0 Å². The first-order valence-corrected chi connectivity index (χ1v) is 4.09. The van der Waals surface area contributed by atoms with Gasteiger partial charge in [-0.3, -0.25) is 0 Å². The monoisotopic (exact) mass is 163 g/mol. The smallest absolute Gasteiger partial charge is 0.142 e. The van der Waals surface area contributed by atoms with Gasteiger partial charge in [0.05, 0.1) is 6.33 Å². The van der Waals surface area contributed by atoms with Crippen molar-refractivity contribution >= 4 is 0 Å². The Balaban J connectivity index is 0.000000336. The molecule has 0 saturated carbocycles. The van der Waals surface area contributed by atoms with Gasteiger partial charge in [0, 0.05) is 25.0 Å². The molecule has 0 radical (unpaired) electrons. The largest absolute Gasteiger partial charge is 0.320 e. The Bertz CT molecular complexity index is 314. The predicted octanol–water partition coefficient (Wildman–Crippen LogP) is 1.95. The van der Waals surface area contributed by atoms with Crippen LogP contribution in [-0.4, -0.2) is 14.5 Å². The maximum Gasteiger partial charge on any atom is 0.142 e. The van der Waals surface area contributed by atoms with E-state index < -0.39 is 0 Å². The SMILES string of the molecule is CC.Cn1cncc2ccnc1-2. The minimum Gasteiger partial charge on any atom is -0.320 e. The molecule has 0 bridgehead atoms. The second-order valence-corrected chi connectivity index (χ2v) is 2.23. The second-order valence-electron chi connectivity index (χ2n) is 2.23. The van der Waals surface area contributed by atoms with E-state index in [4.69, 9.17) is 0 Å². The van der Waals surface area contributed by atoms with Gasteiger partial charge in [-0.05, 0) is 6.07 Å². The molecule has 0 aromatic heterocycles. The molecule has 0 atom stereocenters. The van der Waals surface area contributed by atoms with Gasteiger partial charge in [0.2, 0.25) is 0 Å². The second kappa shape index (κ2) is 3.85. The molecule has 0 amide bonds. The van der Waals surface area contributed by atoms with Gasteiger partial charge in [-0.2, -0.15) is 0 Å². The van der Waals surface area contributed by atoms with Crippen LogP contribution in [0.4, 0.5) is 0 Å². The first-order chi connectivity index (χ1) is 5.88. The van der Waals surface area contributed by atoms with Crippen molar-refractivity contribution in [2.45, 2.75) is 13.8 Å². The van der Waals surface area contributed by atoms with Crippen molar-refractivity contribution in [1.82, 2.24) is 14.5 Å². The van der Waals surface area contributed by atoms with E-state index in [1.165, 1.54) is 0 Å². The van der Waals surface area contributed by atoms with Crippen LogP contribution in [0.1, 0.15) is 13.8 Å². The van der Waals surface area contributed by atoms with E-state index in [1.54, 1.807) is 12.5 Å². The molecule has 0 aliphatic carbocycles. The fourth-order valence-electron chi connectivity index (χ4n) is 1.00. The highest BCUT2D eigenvalue weighted by molar-refractivity contribution is 5.54. The first kappa shape index (κ1) is 8.71. The first-order valence-electron chi connectivity index (χ1n) is 4.09. The molecule has 3 nitrogen and oxygen atoms in total. The van der Waals surface area contributed by atoms with E-state index in [0.717, 1.165) is 11.4 Å². The van der Waals surface area contributed by atoms with Gasteiger partial charge in [0.1, 0.15) is 5.82 Å². The summed E-state index contributed by atoms with van der Waals surface area (Å²) < 4.78 is 1.90. The van der Waals surface area contributed by atoms with E-state index in [2.05, 4.69) is 9.97 Å². The van der Waals surface area contributed by atoms with Crippen molar-refractivity contribution in [1.29, 1.82) is 0 Å². The summed E-state index contributed by atoms with van der Waals surface area (Å²) in [5.74, 6) is 0.981. The summed E-state index contributed by atoms with van der Waals surface area (Å²) in [6, 6.07) is 1.95. The molecule has 12 heavy (non-hydrogen) atoms. The van der Waals surface area contributed by atoms with Crippen molar-refractivity contribution in [2.24, 2.45) is 7.05 Å². The van der Waals surface area contributed by atoms with E-state index in [-0.39, 0.29) is 0 Å². The molecule has 2 heterocycles. The fourth-order valence-corrected chi connectivity index (χ4v) is 1.00. The zero-order chi connectivity index (χ0) is 8.97. The van der Waals surface area contributed by atoms with Crippen LogP contribution in [0.15, 0.2) is 24.8 Å². The fraction of sp³-hybridized carbons (Fsp3) is 0.333. The van der Waals surface area contributed by atoms with Gasteiger partial charge < -0.3 is 4.57 Å². The Morgan fingerprint density at radius 1 is 1.33 bits per heavy atom. The Morgan fingerprint density at radius 3 is 2.75 bits per heavy atom. The summed E-state index contributed by atoms with van der Waals surface area (Å²) in [5, 5.41) is 0. The van der Waals surface area contributed by atoms with Crippen molar-refractivity contribution in [2.75, 3.05) is 0 Å². The number of hydrogen-bond acceptors (Lipinski definition) is 2. The maximum absolute atomic E-state index is 4.14. The van der Waals surface area contributed by atoms with Crippen molar-refractivity contribution in [3.63, 3.8) is 0 Å². The molecule has 0 aromatic rings. The average Bonchev–Trinajstić information content (AvgIpc) is 2.57. The van der Waals surface area contributed by atoms with Crippen LogP contribution in [0, 0.1) is 0 Å². The lowest BCUT2D eigenvalue weighted by molar-refractivity contribution is 0.853. The summed E-state index contributed by atoms with van der Waals surface area (Å²) in [4.78, 5) is 8.15. The van der Waals surface area contributed by atoms with Crippen LogP contribution in [0.2, 0.25) is 0 Å². The highest BCUT2D eigenvalue weighted by Crippen LogP contribution is 2.15. The van der Waals surface area contributed by atoms with E-state index in [9.17, 15) is 0 Å². The molecule has 2 rings (SSSR count). The Morgan fingerprint density at radius 2 is 2.08 bits per heavy atom. The number of hydrogen-bond donors (Lipinski definition) is 0. The van der Waals surface area contributed by atoms with Crippen LogP contribution >= 0.6 is 0 Å². The zero-order valence-corrected chi connectivity index (χ0v) is 7.65. The molecular formula is C9H13N3. The Labute approximate surface area is 72.4 Å². The molecule has 0 N–H and O–H groups in total. The minimum atomic E-state index is 0.981. The lowest BCUT2D eigenvalue weighted by Crippen LogP contribution is -1.96. The lowest BCUT2D eigenvalue weighted by atomic mass is 10.3. The van der Waals surface area contributed by atoms with Crippen LogP contribution in [-0.2, 0) is 7.05 Å². The summed E-state index contributed by atoms with van der Waals surface area (Å²) in [6.07, 6.45) is 5.34. The minimum absolute atomic E-state index is 0.981. The van der Waals surface area contributed by atoms with E-state index in [1.807, 2.05) is 37.7 Å². The van der Waals surface area contributed by atoms with Gasteiger partial charge in [0.15, 0.2) is 0 Å². The highest BCUT2D eigenvalue weighted by Gasteiger charge is 2.03. The number of nitrogens with zero attached hydrogens (tertiary/aromatic N) is 3. The van der Waals surface area contributed by atoms with Crippen molar-refractivity contribution < 1.29 is 0 Å². The standard InChI is InChI=1S/C7H7N3.C2H6/c1-10-5-8-4-6-2-3-9-7(6)10;1-2/h2-5H,1H3;1-2H3. The normalized spacial score (nSPS) is 9.25. The third kappa shape index (κ3) is 1.44. The molecular weight excluding hydrogens is 150 g/mol. The van der Waals surface area contributed by atoms with Crippen molar-refractivity contribution in [3.05, 3.63) is 24.8 Å². The Kier molecular flexibility index (Phi) is 2.80. The van der Waals surface area contributed by atoms with E-state index in [0.29, 0.717) is 0 Å². The van der Waals surface area contributed by atoms with Crippen LogP contribution in [0.5, 0.6) is 0 Å². The Hall–Kier alpha value is -1.38. The molecule has 0 saturated heterocycles. The lowest BCUT2D eigenvalue weighted by Gasteiger charge is -2.01. The van der Waals surface area contributed by atoms with Crippen LogP contribution in [0.25, 0.3) is 11.4 Å². The molecule has 2 aliphatic rings. The quantitative estimate of drug-likeness (QED) is 0.594. The van der Waals surface area contributed by atoms with Gasteiger partial charge in [-0.15, -0.1) is 0 Å². The van der Waals surface area contributed by atoms with E-state index >= 15 is 0 Å². The zero-order valence-electron chi connectivity index (χ0n) is 7.65. The number of fused-ring (bicyclic) bond motifs is 1. The molecule has 2 aliphatic heterocycles.